The van der Waals surface area contributed by atoms with Gasteiger partial charge in [0.25, 0.3) is 0 Å². The SMILES string of the molecule is CC=C[C@]1(C)C[C@H](OC(=O)C(C)(C)CC)[C@@H]2[C@@H](CCC(=O)C[C@@H](O)CC(=O)OC)[C@@H](C)C=C[C@H]2C1. The summed E-state index contributed by atoms with van der Waals surface area (Å²) in [6, 6.07) is 0. The van der Waals surface area contributed by atoms with E-state index in [9.17, 15) is 19.5 Å². The van der Waals surface area contributed by atoms with Gasteiger partial charge in [-0.2, -0.15) is 0 Å². The van der Waals surface area contributed by atoms with Crippen molar-refractivity contribution >= 4 is 17.7 Å². The Balaban J connectivity index is 2.21. The number of carbonyl (C=O) groups excluding carboxylic acids is 3. The smallest absolute Gasteiger partial charge is 0.311 e. The Labute approximate surface area is 211 Å². The molecule has 0 aromatic carbocycles. The number of fused-ring (bicyclic) bond motifs is 1. The van der Waals surface area contributed by atoms with E-state index in [1.54, 1.807) is 0 Å². The minimum absolute atomic E-state index is 0.0530. The molecule has 0 amide bonds. The van der Waals surface area contributed by atoms with E-state index >= 15 is 0 Å². The minimum atomic E-state index is -1.02. The van der Waals surface area contributed by atoms with Gasteiger partial charge in [-0.1, -0.05) is 45.1 Å². The first-order valence-corrected chi connectivity index (χ1v) is 13.2. The Morgan fingerprint density at radius 1 is 1.20 bits per heavy atom. The third-order valence-electron chi connectivity index (χ3n) is 8.24. The van der Waals surface area contributed by atoms with E-state index in [-0.39, 0.29) is 59.8 Å². The van der Waals surface area contributed by atoms with Gasteiger partial charge in [-0.25, -0.2) is 0 Å². The van der Waals surface area contributed by atoms with Gasteiger partial charge in [0.15, 0.2) is 0 Å². The van der Waals surface area contributed by atoms with Crippen molar-refractivity contribution in [1.82, 2.24) is 0 Å². The quantitative estimate of drug-likeness (QED) is 0.307. The molecule has 2 aliphatic rings. The molecule has 2 rings (SSSR count). The predicted molar refractivity (Wildman–Crippen MR) is 136 cm³/mol. The van der Waals surface area contributed by atoms with Crippen LogP contribution in [0.1, 0.15) is 86.5 Å². The third-order valence-corrected chi connectivity index (χ3v) is 8.24. The maximum absolute atomic E-state index is 13.1. The molecule has 0 radical (unpaired) electrons. The number of allylic oxidation sites excluding steroid dienone is 4. The van der Waals surface area contributed by atoms with E-state index in [1.807, 2.05) is 27.7 Å². The van der Waals surface area contributed by atoms with E-state index in [2.05, 4.69) is 42.9 Å². The summed E-state index contributed by atoms with van der Waals surface area (Å²) in [5.41, 5.74) is -0.595. The molecule has 7 atom stereocenters. The lowest BCUT2D eigenvalue weighted by atomic mass is 9.57. The molecule has 1 fully saturated rings. The van der Waals surface area contributed by atoms with E-state index in [1.165, 1.54) is 7.11 Å². The lowest BCUT2D eigenvalue weighted by Crippen LogP contribution is -2.49. The van der Waals surface area contributed by atoms with Crippen molar-refractivity contribution in [2.45, 2.75) is 98.7 Å². The highest BCUT2D eigenvalue weighted by Crippen LogP contribution is 2.52. The van der Waals surface area contributed by atoms with Crippen molar-refractivity contribution in [2.24, 2.45) is 34.5 Å². The summed E-state index contributed by atoms with van der Waals surface area (Å²) in [5, 5.41) is 10.0. The Hall–Kier alpha value is -1.95. The fourth-order valence-electron chi connectivity index (χ4n) is 5.83. The van der Waals surface area contributed by atoms with Gasteiger partial charge in [0.1, 0.15) is 11.9 Å². The normalized spacial score (nSPS) is 31.6. The number of rotatable bonds is 11. The number of aliphatic hydroxyl groups excluding tert-OH is 1. The molecule has 198 valence electrons. The number of hydrogen-bond acceptors (Lipinski definition) is 6. The van der Waals surface area contributed by atoms with Crippen molar-refractivity contribution in [3.8, 4) is 0 Å². The van der Waals surface area contributed by atoms with Crippen molar-refractivity contribution in [3.63, 3.8) is 0 Å². The monoisotopic (exact) mass is 490 g/mol. The summed E-state index contributed by atoms with van der Waals surface area (Å²) in [6.07, 6.45) is 10.9. The zero-order valence-corrected chi connectivity index (χ0v) is 22.7. The summed E-state index contributed by atoms with van der Waals surface area (Å²) in [4.78, 5) is 37.1. The lowest BCUT2D eigenvalue weighted by molar-refractivity contribution is -0.171. The Morgan fingerprint density at radius 2 is 1.89 bits per heavy atom. The highest BCUT2D eigenvalue weighted by atomic mass is 16.5. The Morgan fingerprint density at radius 3 is 2.49 bits per heavy atom. The van der Waals surface area contributed by atoms with Gasteiger partial charge in [0.2, 0.25) is 0 Å². The molecule has 6 heteroatoms. The molecule has 0 spiro atoms. The van der Waals surface area contributed by atoms with Crippen molar-refractivity contribution < 1.29 is 29.0 Å². The first-order valence-electron chi connectivity index (χ1n) is 13.2. The number of aliphatic hydroxyl groups is 1. The van der Waals surface area contributed by atoms with Crippen LogP contribution in [0.3, 0.4) is 0 Å². The zero-order chi connectivity index (χ0) is 26.4. The Bertz CT molecular complexity index is 812. The predicted octanol–water partition coefficient (Wildman–Crippen LogP) is 5.43. The van der Waals surface area contributed by atoms with Crippen LogP contribution in [0.25, 0.3) is 0 Å². The van der Waals surface area contributed by atoms with Gasteiger partial charge < -0.3 is 14.6 Å². The van der Waals surface area contributed by atoms with Crippen LogP contribution in [0.15, 0.2) is 24.3 Å². The summed E-state index contributed by atoms with van der Waals surface area (Å²) >= 11 is 0. The number of carbonyl (C=O) groups is 3. The van der Waals surface area contributed by atoms with E-state index in [0.717, 1.165) is 12.8 Å². The van der Waals surface area contributed by atoms with Crippen molar-refractivity contribution in [3.05, 3.63) is 24.3 Å². The average molecular weight is 491 g/mol. The fourth-order valence-corrected chi connectivity index (χ4v) is 5.83. The van der Waals surface area contributed by atoms with Crippen LogP contribution in [-0.4, -0.2) is 42.1 Å². The van der Waals surface area contributed by atoms with E-state index < -0.39 is 17.5 Å². The number of ketones is 1. The largest absolute Gasteiger partial charge is 0.469 e. The van der Waals surface area contributed by atoms with Crippen molar-refractivity contribution in [2.75, 3.05) is 7.11 Å². The zero-order valence-electron chi connectivity index (χ0n) is 22.7. The first-order chi connectivity index (χ1) is 16.4. The summed E-state index contributed by atoms with van der Waals surface area (Å²) in [6.45, 7) is 12.3. The van der Waals surface area contributed by atoms with E-state index in [4.69, 9.17) is 4.74 Å². The molecule has 1 saturated carbocycles. The fraction of sp³-hybridized carbons (Fsp3) is 0.759. The van der Waals surface area contributed by atoms with Crippen LogP contribution in [-0.2, 0) is 23.9 Å². The molecule has 0 bridgehead atoms. The molecule has 35 heavy (non-hydrogen) atoms. The minimum Gasteiger partial charge on any atom is -0.469 e. The van der Waals surface area contributed by atoms with Gasteiger partial charge >= 0.3 is 11.9 Å². The van der Waals surface area contributed by atoms with Crippen LogP contribution in [0.2, 0.25) is 0 Å². The summed E-state index contributed by atoms with van der Waals surface area (Å²) in [5.74, 6) is 0.142. The second-order valence-corrected chi connectivity index (χ2v) is 11.6. The van der Waals surface area contributed by atoms with E-state index in [0.29, 0.717) is 19.3 Å². The maximum atomic E-state index is 13.1. The van der Waals surface area contributed by atoms with Crippen LogP contribution in [0.5, 0.6) is 0 Å². The van der Waals surface area contributed by atoms with Crippen LogP contribution >= 0.6 is 0 Å². The molecule has 0 aromatic rings. The maximum Gasteiger partial charge on any atom is 0.311 e. The van der Waals surface area contributed by atoms with Gasteiger partial charge in [-0.05, 0) is 69.6 Å². The average Bonchev–Trinajstić information content (AvgIpc) is 2.78. The lowest BCUT2D eigenvalue weighted by Gasteiger charge is -2.51. The molecule has 1 N–H and O–H groups in total. The third kappa shape index (κ3) is 7.77. The van der Waals surface area contributed by atoms with Crippen LogP contribution < -0.4 is 0 Å². The molecule has 0 unspecified atom stereocenters. The van der Waals surface area contributed by atoms with Crippen molar-refractivity contribution in [1.29, 1.82) is 0 Å². The number of ether oxygens (including phenoxy) is 2. The van der Waals surface area contributed by atoms with Crippen LogP contribution in [0.4, 0.5) is 0 Å². The first kappa shape index (κ1) is 29.3. The van der Waals surface area contributed by atoms with Gasteiger partial charge in [0, 0.05) is 18.8 Å². The molecular formula is C29H46O6. The molecule has 2 aliphatic carbocycles. The molecule has 0 heterocycles. The van der Waals surface area contributed by atoms with Gasteiger partial charge in [-0.15, -0.1) is 0 Å². The highest BCUT2D eigenvalue weighted by Gasteiger charge is 2.49. The molecule has 0 saturated heterocycles. The second-order valence-electron chi connectivity index (χ2n) is 11.6. The summed E-state index contributed by atoms with van der Waals surface area (Å²) in [7, 11) is 1.27. The molecule has 6 nitrogen and oxygen atoms in total. The topological polar surface area (TPSA) is 89.9 Å². The van der Waals surface area contributed by atoms with Gasteiger partial charge in [0.05, 0.1) is 25.0 Å². The number of methoxy groups -OCH3 is 1. The standard InChI is InChI=1S/C29H46O6/c1-8-14-29(6)17-20-11-10-19(3)23(13-12-21(30)15-22(31)16-25(32)34-7)26(20)24(18-29)35-27(33)28(4,5)9-2/h8,10-11,14,19-20,22-24,26,31H,9,12-13,15-18H2,1-7H3/t19-,20-,22+,23-,24-,26-,29-/m0/s1. The number of hydrogen-bond donors (Lipinski definition) is 1. The highest BCUT2D eigenvalue weighted by molar-refractivity contribution is 5.80. The molecule has 0 aromatic heterocycles. The summed E-state index contributed by atoms with van der Waals surface area (Å²) < 4.78 is 10.9. The van der Waals surface area contributed by atoms with Gasteiger partial charge in [-0.3, -0.25) is 14.4 Å². The number of esters is 2. The number of Topliss-reactive ketones (excluding diaryl/α,β-unsaturated/α-hetero) is 1. The Kier molecular flexibility index (Phi) is 10.3. The molecule has 0 aliphatic heterocycles. The second kappa shape index (κ2) is 12.3. The van der Waals surface area contributed by atoms with Crippen LogP contribution in [0, 0.1) is 34.5 Å². The molecular weight excluding hydrogens is 444 g/mol.